The summed E-state index contributed by atoms with van der Waals surface area (Å²) in [6.45, 7) is 12.1. The van der Waals surface area contributed by atoms with Crippen LogP contribution in [0, 0.1) is 0 Å². The fraction of sp³-hybridized carbons (Fsp3) is 0.289. The van der Waals surface area contributed by atoms with E-state index in [4.69, 9.17) is 21.1 Å². The van der Waals surface area contributed by atoms with Gasteiger partial charge in [0.1, 0.15) is 5.75 Å². The molecule has 0 aliphatic carbocycles. The van der Waals surface area contributed by atoms with E-state index in [0.29, 0.717) is 24.8 Å². The predicted octanol–water partition coefficient (Wildman–Crippen LogP) is 9.54. The lowest BCUT2D eigenvalue weighted by Crippen LogP contribution is -2.10. The van der Waals surface area contributed by atoms with Crippen LogP contribution in [-0.4, -0.2) is 33.9 Å². The highest BCUT2D eigenvalue weighted by molar-refractivity contribution is 7.99. The standard InChI is InChI=1S/C38H41ClN4O3S/c1-6-22-46-34-24-33(21-12-28(34)25-40-31-17-8-26(9-18-31)23-35(44)45-7-2)47-37-42-41-36(43(37)32-19-15-30(39)16-20-32)27-10-13-29(14-11-27)38(3,4)5/h8-21,24,40H,6-7,22-23,25H2,1-5H3. The van der Waals surface area contributed by atoms with Gasteiger partial charge in [-0.05, 0) is 90.2 Å². The summed E-state index contributed by atoms with van der Waals surface area (Å²) >= 11 is 7.79. The molecule has 0 spiro atoms. The number of halogens is 1. The summed E-state index contributed by atoms with van der Waals surface area (Å²) in [7, 11) is 0. The number of nitrogens with zero attached hydrogens (tertiary/aromatic N) is 3. The average Bonchev–Trinajstić information content (AvgIpc) is 3.47. The second-order valence-corrected chi connectivity index (χ2v) is 13.7. The molecular formula is C38H41ClN4O3S. The van der Waals surface area contributed by atoms with Gasteiger partial charge in [0, 0.05) is 39.0 Å². The Morgan fingerprint density at radius 3 is 2.30 bits per heavy atom. The molecule has 0 fully saturated rings. The first-order chi connectivity index (χ1) is 22.6. The minimum Gasteiger partial charge on any atom is -0.493 e. The minimum absolute atomic E-state index is 0.0542. The van der Waals surface area contributed by atoms with Crippen molar-refractivity contribution in [2.45, 2.75) is 69.5 Å². The lowest BCUT2D eigenvalue weighted by atomic mass is 9.87. The van der Waals surface area contributed by atoms with Gasteiger partial charge in [-0.3, -0.25) is 9.36 Å². The molecule has 4 aromatic carbocycles. The number of esters is 1. The molecule has 0 atom stereocenters. The average molecular weight is 669 g/mol. The van der Waals surface area contributed by atoms with Crippen LogP contribution in [0.1, 0.15) is 57.7 Å². The lowest BCUT2D eigenvalue weighted by molar-refractivity contribution is -0.142. The van der Waals surface area contributed by atoms with E-state index in [1.807, 2.05) is 55.5 Å². The molecule has 0 saturated heterocycles. The summed E-state index contributed by atoms with van der Waals surface area (Å²) in [4.78, 5) is 12.8. The van der Waals surface area contributed by atoms with E-state index in [1.165, 1.54) is 17.3 Å². The van der Waals surface area contributed by atoms with Gasteiger partial charge in [-0.15, -0.1) is 10.2 Å². The molecule has 1 N–H and O–H groups in total. The van der Waals surface area contributed by atoms with E-state index in [9.17, 15) is 4.79 Å². The fourth-order valence-corrected chi connectivity index (χ4v) is 5.98. The molecule has 0 aliphatic rings. The van der Waals surface area contributed by atoms with E-state index < -0.39 is 0 Å². The number of hydrogen-bond acceptors (Lipinski definition) is 7. The van der Waals surface area contributed by atoms with Crippen molar-refractivity contribution >= 4 is 35.0 Å². The predicted molar refractivity (Wildman–Crippen MR) is 191 cm³/mol. The van der Waals surface area contributed by atoms with Crippen molar-refractivity contribution in [2.75, 3.05) is 18.5 Å². The van der Waals surface area contributed by atoms with Gasteiger partial charge in [-0.1, -0.05) is 81.8 Å². The zero-order valence-corrected chi connectivity index (χ0v) is 29.1. The fourth-order valence-electron chi connectivity index (χ4n) is 4.98. The molecule has 0 saturated carbocycles. The van der Waals surface area contributed by atoms with Gasteiger partial charge in [0.2, 0.25) is 5.16 Å². The summed E-state index contributed by atoms with van der Waals surface area (Å²) in [6.07, 6.45) is 1.16. The third-order valence-corrected chi connectivity index (χ3v) is 8.72. The maximum absolute atomic E-state index is 11.8. The smallest absolute Gasteiger partial charge is 0.310 e. The molecule has 9 heteroatoms. The summed E-state index contributed by atoms with van der Waals surface area (Å²) in [6, 6.07) is 30.3. The third kappa shape index (κ3) is 8.96. The Balaban J connectivity index is 1.39. The molecular weight excluding hydrogens is 628 g/mol. The summed E-state index contributed by atoms with van der Waals surface area (Å²) in [5.41, 5.74) is 6.13. The number of aromatic nitrogens is 3. The Bertz CT molecular complexity index is 1780. The summed E-state index contributed by atoms with van der Waals surface area (Å²) in [5.74, 6) is 1.35. The molecule has 1 aromatic heterocycles. The largest absolute Gasteiger partial charge is 0.493 e. The van der Waals surface area contributed by atoms with Crippen LogP contribution in [0.2, 0.25) is 5.02 Å². The highest BCUT2D eigenvalue weighted by Gasteiger charge is 2.19. The van der Waals surface area contributed by atoms with E-state index >= 15 is 0 Å². The number of rotatable bonds is 13. The molecule has 47 heavy (non-hydrogen) atoms. The van der Waals surface area contributed by atoms with Crippen LogP contribution in [0.3, 0.4) is 0 Å². The van der Waals surface area contributed by atoms with Crippen molar-refractivity contribution in [3.05, 3.63) is 113 Å². The minimum atomic E-state index is -0.221. The van der Waals surface area contributed by atoms with Gasteiger partial charge in [-0.25, -0.2) is 0 Å². The molecule has 0 radical (unpaired) electrons. The lowest BCUT2D eigenvalue weighted by Gasteiger charge is -2.19. The Morgan fingerprint density at radius 2 is 1.64 bits per heavy atom. The van der Waals surface area contributed by atoms with Crippen LogP contribution >= 0.6 is 23.4 Å². The molecule has 244 valence electrons. The van der Waals surface area contributed by atoms with Crippen molar-refractivity contribution in [1.82, 2.24) is 14.8 Å². The maximum atomic E-state index is 11.8. The number of carbonyl (C=O) groups excluding carboxylic acids is 1. The Kier molecular flexibility index (Phi) is 11.3. The number of hydrogen-bond donors (Lipinski definition) is 1. The van der Waals surface area contributed by atoms with Crippen LogP contribution in [0.25, 0.3) is 17.1 Å². The molecule has 1 heterocycles. The SMILES string of the molecule is CCCOc1cc(Sc2nnc(-c3ccc(C(C)(C)C)cc3)n2-c2ccc(Cl)cc2)ccc1CNc1ccc(CC(=O)OCC)cc1. The zero-order chi connectivity index (χ0) is 33.4. The maximum Gasteiger partial charge on any atom is 0.310 e. The van der Waals surface area contributed by atoms with E-state index in [-0.39, 0.29) is 17.8 Å². The van der Waals surface area contributed by atoms with Crippen LogP contribution in [0.15, 0.2) is 101 Å². The van der Waals surface area contributed by atoms with Gasteiger partial charge in [0.05, 0.1) is 19.6 Å². The molecule has 0 amide bonds. The Morgan fingerprint density at radius 1 is 0.915 bits per heavy atom. The Labute approximate surface area is 286 Å². The van der Waals surface area contributed by atoms with E-state index in [2.05, 4.69) is 90.2 Å². The quantitative estimate of drug-likeness (QED) is 0.125. The van der Waals surface area contributed by atoms with Crippen molar-refractivity contribution in [3.8, 4) is 22.8 Å². The number of ether oxygens (including phenoxy) is 2. The first-order valence-corrected chi connectivity index (χ1v) is 17.1. The Hall–Kier alpha value is -4.27. The van der Waals surface area contributed by atoms with Crippen molar-refractivity contribution in [1.29, 1.82) is 0 Å². The monoisotopic (exact) mass is 668 g/mol. The van der Waals surface area contributed by atoms with Gasteiger partial charge in [-0.2, -0.15) is 0 Å². The van der Waals surface area contributed by atoms with Crippen LogP contribution in [0.4, 0.5) is 5.69 Å². The second kappa shape index (κ2) is 15.5. The van der Waals surface area contributed by atoms with Crippen LogP contribution < -0.4 is 10.1 Å². The van der Waals surface area contributed by atoms with Gasteiger partial charge in [0.15, 0.2) is 5.82 Å². The molecule has 7 nitrogen and oxygen atoms in total. The normalized spacial score (nSPS) is 11.4. The highest BCUT2D eigenvalue weighted by Crippen LogP contribution is 2.36. The molecule has 0 bridgehead atoms. The van der Waals surface area contributed by atoms with Gasteiger partial charge in [0.25, 0.3) is 0 Å². The van der Waals surface area contributed by atoms with Crippen molar-refractivity contribution in [2.24, 2.45) is 0 Å². The van der Waals surface area contributed by atoms with Crippen LogP contribution in [-0.2, 0) is 27.9 Å². The number of carbonyl (C=O) groups is 1. The zero-order valence-electron chi connectivity index (χ0n) is 27.5. The molecule has 5 aromatic rings. The van der Waals surface area contributed by atoms with E-state index in [0.717, 1.165) is 56.1 Å². The molecule has 5 rings (SSSR count). The molecule has 0 unspecified atom stereocenters. The van der Waals surface area contributed by atoms with Gasteiger partial charge >= 0.3 is 5.97 Å². The van der Waals surface area contributed by atoms with Crippen molar-refractivity contribution in [3.63, 3.8) is 0 Å². The summed E-state index contributed by atoms with van der Waals surface area (Å²) < 4.78 is 13.3. The number of nitrogens with one attached hydrogen (secondary N) is 1. The highest BCUT2D eigenvalue weighted by atomic mass is 35.5. The first kappa shape index (κ1) is 34.1. The third-order valence-electron chi connectivity index (χ3n) is 7.53. The van der Waals surface area contributed by atoms with Crippen molar-refractivity contribution < 1.29 is 14.3 Å². The topological polar surface area (TPSA) is 78.3 Å². The van der Waals surface area contributed by atoms with E-state index in [1.54, 1.807) is 0 Å². The second-order valence-electron chi connectivity index (χ2n) is 12.2. The number of anilines is 1. The number of benzene rings is 4. The molecule has 0 aliphatic heterocycles. The van der Waals surface area contributed by atoms with Crippen LogP contribution in [0.5, 0.6) is 5.75 Å². The summed E-state index contributed by atoms with van der Waals surface area (Å²) in [5, 5.41) is 14.2. The van der Waals surface area contributed by atoms with Gasteiger partial charge < -0.3 is 14.8 Å². The first-order valence-electron chi connectivity index (χ1n) is 15.9.